The van der Waals surface area contributed by atoms with Crippen LogP contribution in [0.4, 0.5) is 13.2 Å². The molecule has 0 aliphatic carbocycles. The Kier molecular flexibility index (Phi) is 5.08. The van der Waals surface area contributed by atoms with Crippen molar-refractivity contribution < 1.29 is 27.4 Å². The molecule has 2 aromatic rings. The molecular formula is C23H21F3N2O3. The van der Waals surface area contributed by atoms with E-state index in [-0.39, 0.29) is 23.8 Å². The number of ether oxygens (including phenoxy) is 2. The standard InChI is InChI=1S/C23H21F3N2O3/c1-22(2,3)21(29)28-13-17-10-19(28)18-12-27-11-15(20(18)30-17)7-4-14-5-8-16(9-6-14)31-23(24,25)26/h5-6,8-9,11-12,17,19H,10,13H2,1-3H3/t17-,19-/m0/s1. The summed E-state index contributed by atoms with van der Waals surface area (Å²) < 4.78 is 46.9. The second-order valence-corrected chi connectivity index (χ2v) is 8.63. The van der Waals surface area contributed by atoms with Crippen LogP contribution in [-0.2, 0) is 4.79 Å². The van der Waals surface area contributed by atoms with Crippen molar-refractivity contribution in [2.24, 2.45) is 5.41 Å². The average molecular weight is 430 g/mol. The third kappa shape index (κ3) is 4.46. The lowest BCUT2D eigenvalue weighted by Gasteiger charge is -2.31. The predicted octanol–water partition coefficient (Wildman–Crippen LogP) is 4.46. The van der Waals surface area contributed by atoms with Gasteiger partial charge in [-0.3, -0.25) is 9.78 Å². The van der Waals surface area contributed by atoms with Gasteiger partial charge in [-0.15, -0.1) is 13.2 Å². The summed E-state index contributed by atoms with van der Waals surface area (Å²) in [6, 6.07) is 5.22. The number of aromatic nitrogens is 1. The van der Waals surface area contributed by atoms with Gasteiger partial charge in [-0.05, 0) is 24.3 Å². The number of hydrogen-bond donors (Lipinski definition) is 0. The van der Waals surface area contributed by atoms with E-state index in [0.29, 0.717) is 29.8 Å². The summed E-state index contributed by atoms with van der Waals surface area (Å²) in [5.74, 6) is 6.29. The van der Waals surface area contributed by atoms with Gasteiger partial charge in [-0.25, -0.2) is 0 Å². The van der Waals surface area contributed by atoms with Gasteiger partial charge in [0.25, 0.3) is 0 Å². The fourth-order valence-corrected chi connectivity index (χ4v) is 3.80. The zero-order chi connectivity index (χ0) is 22.4. The van der Waals surface area contributed by atoms with Gasteiger partial charge in [0.05, 0.1) is 18.2 Å². The van der Waals surface area contributed by atoms with Crippen molar-refractivity contribution in [3.05, 3.63) is 53.3 Å². The Morgan fingerprint density at radius 2 is 1.87 bits per heavy atom. The molecule has 1 aromatic carbocycles. The van der Waals surface area contributed by atoms with E-state index >= 15 is 0 Å². The van der Waals surface area contributed by atoms with Crippen molar-refractivity contribution in [3.63, 3.8) is 0 Å². The van der Waals surface area contributed by atoms with Crippen LogP contribution in [0, 0.1) is 17.3 Å². The lowest BCUT2D eigenvalue weighted by atomic mass is 9.93. The highest BCUT2D eigenvalue weighted by atomic mass is 19.4. The number of halogens is 3. The number of nitrogens with zero attached hydrogens (tertiary/aromatic N) is 2. The minimum atomic E-state index is -4.74. The number of amides is 1. The van der Waals surface area contributed by atoms with Crippen LogP contribution in [0.2, 0.25) is 0 Å². The first-order chi connectivity index (χ1) is 14.5. The molecule has 0 N–H and O–H groups in total. The topological polar surface area (TPSA) is 51.7 Å². The predicted molar refractivity (Wildman–Crippen MR) is 106 cm³/mol. The molecule has 1 fully saturated rings. The van der Waals surface area contributed by atoms with E-state index in [2.05, 4.69) is 21.6 Å². The van der Waals surface area contributed by atoms with Crippen LogP contribution < -0.4 is 9.47 Å². The van der Waals surface area contributed by atoms with Gasteiger partial charge in [0.2, 0.25) is 5.91 Å². The van der Waals surface area contributed by atoms with Crippen LogP contribution in [0.1, 0.15) is 49.9 Å². The van der Waals surface area contributed by atoms with Gasteiger partial charge in [-0.2, -0.15) is 0 Å². The summed E-state index contributed by atoms with van der Waals surface area (Å²) in [4.78, 5) is 19.0. The number of alkyl halides is 3. The van der Waals surface area contributed by atoms with Gasteiger partial charge < -0.3 is 14.4 Å². The largest absolute Gasteiger partial charge is 0.573 e. The van der Waals surface area contributed by atoms with Crippen molar-refractivity contribution in [1.29, 1.82) is 0 Å². The summed E-state index contributed by atoms with van der Waals surface area (Å²) in [5, 5.41) is 0. The maximum atomic E-state index is 12.9. The normalized spacial score (nSPS) is 19.7. The minimum Gasteiger partial charge on any atom is -0.487 e. The molecule has 2 aliphatic rings. The SMILES string of the molecule is CC(C)(C)C(=O)N1C[C@@H]2C[C@H]1c1cncc(C#Cc3ccc(OC(F)(F)F)cc3)c1O2. The zero-order valence-corrected chi connectivity index (χ0v) is 17.3. The Bertz CT molecular complexity index is 1060. The number of pyridine rings is 1. The van der Waals surface area contributed by atoms with Gasteiger partial charge in [0.1, 0.15) is 17.6 Å². The Balaban J connectivity index is 1.59. The molecule has 5 nitrogen and oxygen atoms in total. The molecule has 2 atom stereocenters. The molecule has 1 saturated heterocycles. The van der Waals surface area contributed by atoms with Crippen molar-refractivity contribution in [3.8, 4) is 23.3 Å². The third-order valence-corrected chi connectivity index (χ3v) is 5.16. The molecular weight excluding hydrogens is 409 g/mol. The number of carbonyl (C=O) groups is 1. The molecule has 4 rings (SSSR count). The molecule has 2 bridgehead atoms. The molecule has 2 aliphatic heterocycles. The van der Waals surface area contributed by atoms with E-state index in [9.17, 15) is 18.0 Å². The highest BCUT2D eigenvalue weighted by Crippen LogP contribution is 2.45. The fraction of sp³-hybridized carbons (Fsp3) is 0.391. The number of fused-ring (bicyclic) bond motifs is 4. The molecule has 0 spiro atoms. The van der Waals surface area contributed by atoms with E-state index in [1.54, 1.807) is 12.4 Å². The van der Waals surface area contributed by atoms with E-state index < -0.39 is 11.8 Å². The Morgan fingerprint density at radius 1 is 1.16 bits per heavy atom. The number of hydrogen-bond acceptors (Lipinski definition) is 4. The maximum Gasteiger partial charge on any atom is 0.573 e. The number of likely N-dealkylation sites (tertiary alicyclic amines) is 1. The maximum absolute atomic E-state index is 12.9. The molecule has 0 unspecified atom stereocenters. The first-order valence-electron chi connectivity index (χ1n) is 9.85. The van der Waals surface area contributed by atoms with Crippen molar-refractivity contribution in [2.45, 2.75) is 45.7 Å². The summed E-state index contributed by atoms with van der Waals surface area (Å²) >= 11 is 0. The lowest BCUT2D eigenvalue weighted by molar-refractivity contribution is -0.274. The number of carbonyl (C=O) groups excluding carboxylic acids is 1. The molecule has 162 valence electrons. The molecule has 1 aromatic heterocycles. The van der Waals surface area contributed by atoms with Gasteiger partial charge in [0.15, 0.2) is 0 Å². The highest BCUT2D eigenvalue weighted by Gasteiger charge is 2.45. The fourth-order valence-electron chi connectivity index (χ4n) is 3.80. The molecule has 8 heteroatoms. The third-order valence-electron chi connectivity index (χ3n) is 5.16. The quantitative estimate of drug-likeness (QED) is 0.627. The number of rotatable bonds is 1. The van der Waals surface area contributed by atoms with E-state index in [0.717, 1.165) is 5.56 Å². The Labute approximate surface area is 178 Å². The summed E-state index contributed by atoms with van der Waals surface area (Å²) in [5.41, 5.74) is 1.43. The highest BCUT2D eigenvalue weighted by molar-refractivity contribution is 5.82. The van der Waals surface area contributed by atoms with Crippen LogP contribution in [0.5, 0.6) is 11.5 Å². The van der Waals surface area contributed by atoms with Crippen LogP contribution in [0.3, 0.4) is 0 Å². The summed E-state index contributed by atoms with van der Waals surface area (Å²) in [7, 11) is 0. The molecule has 0 radical (unpaired) electrons. The smallest absolute Gasteiger partial charge is 0.487 e. The first kappa shape index (κ1) is 21.0. The molecule has 0 saturated carbocycles. The van der Waals surface area contributed by atoms with Crippen LogP contribution in [-0.4, -0.2) is 34.8 Å². The zero-order valence-electron chi connectivity index (χ0n) is 17.3. The Morgan fingerprint density at radius 3 is 2.52 bits per heavy atom. The first-order valence-corrected chi connectivity index (χ1v) is 9.85. The number of benzene rings is 1. The average Bonchev–Trinajstić information content (AvgIpc) is 3.02. The van der Waals surface area contributed by atoms with Crippen molar-refractivity contribution >= 4 is 5.91 Å². The van der Waals surface area contributed by atoms with Crippen molar-refractivity contribution in [2.75, 3.05) is 6.54 Å². The van der Waals surface area contributed by atoms with Crippen molar-refractivity contribution in [1.82, 2.24) is 9.88 Å². The van der Waals surface area contributed by atoms with E-state index in [1.165, 1.54) is 24.3 Å². The molecule has 3 heterocycles. The summed E-state index contributed by atoms with van der Waals surface area (Å²) in [6.07, 6.45) is -0.827. The monoisotopic (exact) mass is 430 g/mol. The van der Waals surface area contributed by atoms with Crippen LogP contribution in [0.25, 0.3) is 0 Å². The molecule has 31 heavy (non-hydrogen) atoms. The van der Waals surface area contributed by atoms with Crippen LogP contribution in [0.15, 0.2) is 36.7 Å². The summed E-state index contributed by atoms with van der Waals surface area (Å²) in [6.45, 7) is 6.20. The minimum absolute atomic E-state index is 0.0640. The Hall–Kier alpha value is -3.21. The van der Waals surface area contributed by atoms with Gasteiger partial charge in [0, 0.05) is 35.4 Å². The second-order valence-electron chi connectivity index (χ2n) is 8.63. The van der Waals surface area contributed by atoms with Crippen LogP contribution >= 0.6 is 0 Å². The lowest BCUT2D eigenvalue weighted by Crippen LogP contribution is -2.39. The van der Waals surface area contributed by atoms with E-state index in [4.69, 9.17) is 4.74 Å². The molecule has 1 amide bonds. The van der Waals surface area contributed by atoms with Gasteiger partial charge >= 0.3 is 6.36 Å². The van der Waals surface area contributed by atoms with Gasteiger partial charge in [-0.1, -0.05) is 32.6 Å². The second kappa shape index (κ2) is 7.49. The van der Waals surface area contributed by atoms with E-state index in [1.807, 2.05) is 25.7 Å².